The first-order valence-corrected chi connectivity index (χ1v) is 12.0. The number of benzene rings is 1. The molecule has 2 saturated carbocycles. The summed E-state index contributed by atoms with van der Waals surface area (Å²) in [4.78, 5) is 32.2. The first-order valence-electron chi connectivity index (χ1n) is 12.0. The molecule has 0 radical (unpaired) electrons. The summed E-state index contributed by atoms with van der Waals surface area (Å²) in [6.07, 6.45) is 9.41. The number of rotatable bonds is 7. The normalized spacial score (nSPS) is 15.1. The molecular weight excluding hydrogens is 440 g/mol. The van der Waals surface area contributed by atoms with Gasteiger partial charge in [0.2, 0.25) is 0 Å². The monoisotopic (exact) mass is 466 g/mol. The molecule has 8 heteroatoms. The maximum atomic E-state index is 13.6. The lowest BCUT2D eigenvalue weighted by Gasteiger charge is -2.22. The number of fused-ring (bicyclic) bond motifs is 1. The van der Waals surface area contributed by atoms with Crippen LogP contribution in [-0.2, 0) is 0 Å². The van der Waals surface area contributed by atoms with Gasteiger partial charge in [0.25, 0.3) is 11.8 Å². The molecule has 1 aromatic carbocycles. The summed E-state index contributed by atoms with van der Waals surface area (Å²) in [6.45, 7) is 0. The number of hydrogen-bond donors (Lipinski definition) is 2. The Labute approximate surface area is 203 Å². The van der Waals surface area contributed by atoms with E-state index in [0.717, 1.165) is 48.0 Å². The summed E-state index contributed by atoms with van der Waals surface area (Å²) in [5, 5.41) is 10.5. The maximum Gasteiger partial charge on any atom is 0.259 e. The van der Waals surface area contributed by atoms with Gasteiger partial charge < -0.3 is 10.6 Å². The Morgan fingerprint density at radius 2 is 1.77 bits per heavy atom. The molecule has 35 heavy (non-hydrogen) atoms. The fourth-order valence-corrected chi connectivity index (χ4v) is 4.24. The lowest BCUT2D eigenvalue weighted by Crippen LogP contribution is -2.33. The molecule has 4 aromatic rings. The highest BCUT2D eigenvalue weighted by atomic mass is 16.2. The van der Waals surface area contributed by atoms with Crippen LogP contribution in [-0.4, -0.2) is 45.5 Å². The molecule has 0 spiro atoms. The third-order valence-corrected chi connectivity index (χ3v) is 6.55. The molecule has 2 aliphatic carbocycles. The highest BCUT2D eigenvalue weighted by Crippen LogP contribution is 2.33. The van der Waals surface area contributed by atoms with Crippen molar-refractivity contribution in [1.29, 1.82) is 0 Å². The maximum absolute atomic E-state index is 13.6. The predicted octanol–water partition coefficient (Wildman–Crippen LogP) is 4.14. The molecule has 2 amide bonds. The lowest BCUT2D eigenvalue weighted by atomic mass is 10.0. The Bertz CT molecular complexity index is 1400. The topological polar surface area (TPSA) is 91.6 Å². The molecule has 0 bridgehead atoms. The number of nitrogens with zero attached hydrogens (tertiary/aromatic N) is 4. The third kappa shape index (κ3) is 4.23. The van der Waals surface area contributed by atoms with Gasteiger partial charge in [0.15, 0.2) is 0 Å². The highest BCUT2D eigenvalue weighted by Gasteiger charge is 2.35. The second-order valence-corrected chi connectivity index (χ2v) is 9.19. The van der Waals surface area contributed by atoms with E-state index in [1.807, 2.05) is 55.7 Å². The van der Waals surface area contributed by atoms with Gasteiger partial charge in [-0.1, -0.05) is 12.1 Å². The zero-order chi connectivity index (χ0) is 23.9. The quantitative estimate of drug-likeness (QED) is 0.427. The van der Waals surface area contributed by atoms with Crippen LogP contribution in [0.25, 0.3) is 16.6 Å². The van der Waals surface area contributed by atoms with E-state index in [4.69, 9.17) is 0 Å². The van der Waals surface area contributed by atoms with Crippen LogP contribution in [0.2, 0.25) is 0 Å². The molecular formula is C27H26N6O2. The molecule has 0 aliphatic heterocycles. The number of amides is 2. The zero-order valence-corrected chi connectivity index (χ0v) is 19.4. The van der Waals surface area contributed by atoms with Gasteiger partial charge >= 0.3 is 0 Å². The minimum absolute atomic E-state index is 0.0386. The Morgan fingerprint density at radius 1 is 0.971 bits per heavy atom. The van der Waals surface area contributed by atoms with Crippen LogP contribution >= 0.6 is 0 Å². The zero-order valence-electron chi connectivity index (χ0n) is 19.4. The highest BCUT2D eigenvalue weighted by molar-refractivity contribution is 6.07. The van der Waals surface area contributed by atoms with Gasteiger partial charge in [0, 0.05) is 42.0 Å². The van der Waals surface area contributed by atoms with Crippen LogP contribution in [0, 0.1) is 0 Å². The van der Waals surface area contributed by atoms with Gasteiger partial charge in [-0.25, -0.2) is 9.50 Å². The van der Waals surface area contributed by atoms with Gasteiger partial charge in [-0.3, -0.25) is 14.5 Å². The second-order valence-electron chi connectivity index (χ2n) is 9.19. The molecule has 2 fully saturated rings. The Kier molecular flexibility index (Phi) is 5.21. The van der Waals surface area contributed by atoms with E-state index in [-0.39, 0.29) is 17.9 Å². The molecule has 2 N–H and O–H groups in total. The van der Waals surface area contributed by atoms with Crippen molar-refractivity contribution in [2.24, 2.45) is 0 Å². The molecule has 6 rings (SSSR count). The van der Waals surface area contributed by atoms with Crippen LogP contribution in [0.3, 0.4) is 0 Å². The van der Waals surface area contributed by atoms with Crippen molar-refractivity contribution in [1.82, 2.24) is 19.9 Å². The molecule has 3 aromatic heterocycles. The molecule has 176 valence electrons. The minimum atomic E-state index is -0.0704. The van der Waals surface area contributed by atoms with Crippen molar-refractivity contribution in [3.63, 3.8) is 0 Å². The first-order chi connectivity index (χ1) is 17.1. The molecule has 3 heterocycles. The van der Waals surface area contributed by atoms with Gasteiger partial charge in [0.1, 0.15) is 5.82 Å². The van der Waals surface area contributed by atoms with Crippen molar-refractivity contribution in [2.75, 3.05) is 17.3 Å². The van der Waals surface area contributed by atoms with Crippen molar-refractivity contribution in [2.45, 2.75) is 37.8 Å². The number of anilines is 2. The summed E-state index contributed by atoms with van der Waals surface area (Å²) in [5.74, 6) is 0.549. The average Bonchev–Trinajstić information content (AvgIpc) is 3.83. The largest absolute Gasteiger partial charge is 0.387 e. The van der Waals surface area contributed by atoms with Crippen molar-refractivity contribution in [3.8, 4) is 11.1 Å². The standard InChI is InChI=1S/C27H26N6O2/c1-28-21-8-11-25(29-15-21)33(22-9-10-22)27(35)19-12-13-32-24(14-19)23(16-30-32)17-2-4-18(5-3-17)26(34)31-20-6-7-20/h2-5,8,11-16,20,22,28H,6-7,9-10H2,1H3,(H,31,34). The summed E-state index contributed by atoms with van der Waals surface area (Å²) < 4.78 is 1.77. The smallest absolute Gasteiger partial charge is 0.259 e. The summed E-state index contributed by atoms with van der Waals surface area (Å²) in [5.41, 5.74) is 4.81. The fraction of sp³-hybridized carbons (Fsp3) is 0.259. The third-order valence-electron chi connectivity index (χ3n) is 6.55. The van der Waals surface area contributed by atoms with E-state index < -0.39 is 0 Å². The first kappa shape index (κ1) is 21.3. The number of nitrogens with one attached hydrogen (secondary N) is 2. The van der Waals surface area contributed by atoms with Crippen molar-refractivity contribution in [3.05, 3.63) is 78.2 Å². The van der Waals surface area contributed by atoms with Crippen LogP contribution in [0.5, 0.6) is 0 Å². The van der Waals surface area contributed by atoms with Crippen LogP contribution in [0.4, 0.5) is 11.5 Å². The SMILES string of the molecule is CNc1ccc(N(C(=O)c2ccn3ncc(-c4ccc(C(=O)NC5CC5)cc4)c3c2)C2CC2)nc1. The van der Waals surface area contributed by atoms with E-state index in [1.165, 1.54) is 0 Å². The summed E-state index contributed by atoms with van der Waals surface area (Å²) in [6, 6.07) is 15.5. The number of pyridine rings is 2. The fourth-order valence-electron chi connectivity index (χ4n) is 4.24. The molecule has 2 aliphatic rings. The molecule has 0 atom stereocenters. The van der Waals surface area contributed by atoms with Gasteiger partial charge in [0.05, 0.1) is 23.6 Å². The Balaban J connectivity index is 1.30. The number of carbonyl (C=O) groups is 2. The van der Waals surface area contributed by atoms with Gasteiger partial charge in [-0.2, -0.15) is 5.10 Å². The van der Waals surface area contributed by atoms with Crippen LogP contribution in [0.1, 0.15) is 46.4 Å². The average molecular weight is 467 g/mol. The Hall–Kier alpha value is -4.20. The van der Waals surface area contributed by atoms with E-state index in [1.54, 1.807) is 27.9 Å². The molecule has 0 saturated heterocycles. The molecule has 0 unspecified atom stereocenters. The number of hydrogen-bond acceptors (Lipinski definition) is 5. The predicted molar refractivity (Wildman–Crippen MR) is 135 cm³/mol. The number of aromatic nitrogens is 3. The summed E-state index contributed by atoms with van der Waals surface area (Å²) >= 11 is 0. The molecule has 8 nitrogen and oxygen atoms in total. The van der Waals surface area contributed by atoms with Gasteiger partial charge in [-0.15, -0.1) is 0 Å². The Morgan fingerprint density at radius 3 is 2.43 bits per heavy atom. The van der Waals surface area contributed by atoms with E-state index in [9.17, 15) is 9.59 Å². The second kappa shape index (κ2) is 8.54. The van der Waals surface area contributed by atoms with Gasteiger partial charge in [-0.05, 0) is 67.6 Å². The lowest BCUT2D eigenvalue weighted by molar-refractivity contribution is 0.0949. The minimum Gasteiger partial charge on any atom is -0.387 e. The van der Waals surface area contributed by atoms with E-state index in [2.05, 4.69) is 20.7 Å². The summed E-state index contributed by atoms with van der Waals surface area (Å²) in [7, 11) is 1.84. The van der Waals surface area contributed by atoms with Crippen LogP contribution in [0.15, 0.2) is 67.1 Å². The van der Waals surface area contributed by atoms with Crippen molar-refractivity contribution >= 4 is 28.8 Å². The van der Waals surface area contributed by atoms with Crippen molar-refractivity contribution < 1.29 is 9.59 Å². The van der Waals surface area contributed by atoms with Crippen LogP contribution < -0.4 is 15.5 Å². The number of carbonyl (C=O) groups excluding carboxylic acids is 2. The van der Waals surface area contributed by atoms with E-state index >= 15 is 0 Å². The van der Waals surface area contributed by atoms with E-state index in [0.29, 0.717) is 23.0 Å².